The van der Waals surface area contributed by atoms with Crippen LogP contribution in [0.25, 0.3) is 16.4 Å². The Morgan fingerprint density at radius 1 is 1.15 bits per heavy atom. The number of nitrogens with one attached hydrogen (secondary N) is 1. The van der Waals surface area contributed by atoms with Gasteiger partial charge in [0, 0.05) is 12.6 Å². The Kier molecular flexibility index (Phi) is 6.55. The van der Waals surface area contributed by atoms with Gasteiger partial charge in [0.05, 0.1) is 24.2 Å². The molecule has 0 aliphatic rings. The monoisotopic (exact) mass is 461 g/mol. The first kappa shape index (κ1) is 22.7. The minimum absolute atomic E-state index is 0.137. The number of ether oxygens (including phenoxy) is 1. The number of amides is 1. The Hall–Kier alpha value is -3.52. The summed E-state index contributed by atoms with van der Waals surface area (Å²) in [6.07, 6.45) is 0. The molecule has 0 bridgehead atoms. The highest BCUT2D eigenvalue weighted by Crippen LogP contribution is 2.30. The first-order valence-corrected chi connectivity index (χ1v) is 11.6. The summed E-state index contributed by atoms with van der Waals surface area (Å²) in [7, 11) is 1.63. The minimum atomic E-state index is -0.137. The third-order valence-electron chi connectivity index (χ3n) is 5.50. The summed E-state index contributed by atoms with van der Waals surface area (Å²) in [5, 5.41) is 12.3. The number of aromatic nitrogens is 4. The van der Waals surface area contributed by atoms with Crippen molar-refractivity contribution in [2.45, 2.75) is 40.2 Å². The van der Waals surface area contributed by atoms with E-state index in [0.29, 0.717) is 33.7 Å². The van der Waals surface area contributed by atoms with E-state index in [1.165, 1.54) is 16.9 Å². The van der Waals surface area contributed by atoms with Crippen molar-refractivity contribution < 1.29 is 9.53 Å². The molecule has 0 saturated carbocycles. The Labute approximate surface area is 197 Å². The van der Waals surface area contributed by atoms with Crippen molar-refractivity contribution in [1.29, 1.82) is 0 Å². The molecule has 1 N–H and O–H groups in total. The van der Waals surface area contributed by atoms with Gasteiger partial charge in [-0.2, -0.15) is 0 Å². The van der Waals surface area contributed by atoms with E-state index in [2.05, 4.69) is 58.7 Å². The molecule has 0 aliphatic carbocycles. The van der Waals surface area contributed by atoms with Crippen LogP contribution < -0.4 is 10.1 Å². The van der Waals surface area contributed by atoms with Gasteiger partial charge < -0.3 is 10.1 Å². The average Bonchev–Trinajstić information content (AvgIpc) is 3.40. The van der Waals surface area contributed by atoms with Crippen molar-refractivity contribution in [2.24, 2.45) is 0 Å². The molecule has 170 valence electrons. The molecule has 33 heavy (non-hydrogen) atoms. The maximum absolute atomic E-state index is 12.8. The standard InChI is InChI=1S/C25H27N5O2S/c1-15(2)19-11-9-18(10-12-19)14-26-24(31)23-16(3)27-25(33-23)22-17(4)30(29-28-22)20-7-6-8-21(13-20)32-5/h6-13,15H,14H2,1-5H3,(H,26,31). The molecule has 1 amide bonds. The first-order valence-electron chi connectivity index (χ1n) is 10.8. The predicted octanol–water partition coefficient (Wildman–Crippen LogP) is 5.07. The van der Waals surface area contributed by atoms with E-state index in [4.69, 9.17) is 4.74 Å². The maximum Gasteiger partial charge on any atom is 0.263 e. The number of hydrogen-bond donors (Lipinski definition) is 1. The van der Waals surface area contributed by atoms with Crippen LogP contribution in [0.5, 0.6) is 5.75 Å². The van der Waals surface area contributed by atoms with Gasteiger partial charge in [-0.15, -0.1) is 16.4 Å². The zero-order chi connectivity index (χ0) is 23.5. The Bertz CT molecular complexity index is 1270. The number of carbonyl (C=O) groups is 1. The molecule has 0 fully saturated rings. The molecule has 4 rings (SSSR count). The highest BCUT2D eigenvalue weighted by Gasteiger charge is 2.21. The summed E-state index contributed by atoms with van der Waals surface area (Å²) in [5.41, 5.74) is 5.37. The quantitative estimate of drug-likeness (QED) is 0.416. The molecular weight excluding hydrogens is 434 g/mol. The fourth-order valence-electron chi connectivity index (χ4n) is 3.51. The lowest BCUT2D eigenvalue weighted by Gasteiger charge is -2.08. The molecule has 0 atom stereocenters. The zero-order valence-electron chi connectivity index (χ0n) is 19.4. The lowest BCUT2D eigenvalue weighted by molar-refractivity contribution is 0.0954. The number of thiazole rings is 1. The second kappa shape index (κ2) is 9.54. The summed E-state index contributed by atoms with van der Waals surface area (Å²) in [6.45, 7) is 8.57. The molecule has 7 nitrogen and oxygen atoms in total. The van der Waals surface area contributed by atoms with Crippen LogP contribution >= 0.6 is 11.3 Å². The van der Waals surface area contributed by atoms with E-state index in [1.807, 2.05) is 38.1 Å². The summed E-state index contributed by atoms with van der Waals surface area (Å²) in [4.78, 5) is 18.0. The molecular formula is C25H27N5O2S. The summed E-state index contributed by atoms with van der Waals surface area (Å²) >= 11 is 1.33. The van der Waals surface area contributed by atoms with Gasteiger partial charge in [0.25, 0.3) is 5.91 Å². The number of nitrogens with zero attached hydrogens (tertiary/aromatic N) is 4. The van der Waals surface area contributed by atoms with E-state index in [0.717, 1.165) is 22.7 Å². The second-order valence-corrected chi connectivity index (χ2v) is 9.15. The van der Waals surface area contributed by atoms with Gasteiger partial charge in [0.15, 0.2) is 0 Å². The van der Waals surface area contributed by atoms with Gasteiger partial charge in [0.1, 0.15) is 21.3 Å². The van der Waals surface area contributed by atoms with Gasteiger partial charge in [-0.3, -0.25) is 4.79 Å². The average molecular weight is 462 g/mol. The van der Waals surface area contributed by atoms with Gasteiger partial charge in [-0.05, 0) is 43.0 Å². The summed E-state index contributed by atoms with van der Waals surface area (Å²) in [6, 6.07) is 15.9. The van der Waals surface area contributed by atoms with Crippen LogP contribution in [0.4, 0.5) is 0 Å². The molecule has 0 unspecified atom stereocenters. The lowest BCUT2D eigenvalue weighted by atomic mass is 10.0. The predicted molar refractivity (Wildman–Crippen MR) is 130 cm³/mol. The van der Waals surface area contributed by atoms with Gasteiger partial charge >= 0.3 is 0 Å². The first-order chi connectivity index (χ1) is 15.9. The number of aryl methyl sites for hydroxylation is 1. The molecule has 4 aromatic rings. The Morgan fingerprint density at radius 3 is 2.61 bits per heavy atom. The summed E-state index contributed by atoms with van der Waals surface area (Å²) < 4.78 is 7.05. The van der Waals surface area contributed by atoms with Crippen LogP contribution in [0.2, 0.25) is 0 Å². The van der Waals surface area contributed by atoms with Crippen LogP contribution in [0, 0.1) is 13.8 Å². The van der Waals surface area contributed by atoms with Crippen molar-refractivity contribution in [3.05, 3.63) is 75.9 Å². The fourth-order valence-corrected chi connectivity index (χ4v) is 4.52. The van der Waals surface area contributed by atoms with Gasteiger partial charge in [-0.1, -0.05) is 49.4 Å². The number of methoxy groups -OCH3 is 1. The normalized spacial score (nSPS) is 11.1. The third kappa shape index (κ3) is 4.80. The Morgan fingerprint density at radius 2 is 1.91 bits per heavy atom. The fraction of sp³-hybridized carbons (Fsp3) is 0.280. The number of rotatable bonds is 7. The van der Waals surface area contributed by atoms with E-state index in [1.54, 1.807) is 11.8 Å². The van der Waals surface area contributed by atoms with Gasteiger partial charge in [0.2, 0.25) is 0 Å². The van der Waals surface area contributed by atoms with Crippen LogP contribution in [0.15, 0.2) is 48.5 Å². The van der Waals surface area contributed by atoms with Crippen molar-refractivity contribution >= 4 is 17.2 Å². The summed E-state index contributed by atoms with van der Waals surface area (Å²) in [5.74, 6) is 1.09. The van der Waals surface area contributed by atoms with E-state index in [-0.39, 0.29) is 5.91 Å². The molecule has 2 heterocycles. The van der Waals surface area contributed by atoms with Crippen LogP contribution in [0.1, 0.15) is 52.0 Å². The van der Waals surface area contributed by atoms with Gasteiger partial charge in [-0.25, -0.2) is 9.67 Å². The van der Waals surface area contributed by atoms with Crippen molar-refractivity contribution in [2.75, 3.05) is 7.11 Å². The number of carbonyl (C=O) groups excluding carboxylic acids is 1. The maximum atomic E-state index is 12.8. The van der Waals surface area contributed by atoms with E-state index in [9.17, 15) is 4.79 Å². The van der Waals surface area contributed by atoms with Crippen molar-refractivity contribution in [3.63, 3.8) is 0 Å². The molecule has 8 heteroatoms. The van der Waals surface area contributed by atoms with E-state index >= 15 is 0 Å². The van der Waals surface area contributed by atoms with E-state index < -0.39 is 0 Å². The molecule has 0 spiro atoms. The minimum Gasteiger partial charge on any atom is -0.497 e. The third-order valence-corrected chi connectivity index (χ3v) is 6.66. The Balaban J connectivity index is 1.51. The van der Waals surface area contributed by atoms with Crippen LogP contribution in [-0.2, 0) is 6.54 Å². The molecule has 2 aromatic heterocycles. The highest BCUT2D eigenvalue weighted by atomic mass is 32.1. The molecule has 0 aliphatic heterocycles. The van der Waals surface area contributed by atoms with Crippen molar-refractivity contribution in [1.82, 2.24) is 25.3 Å². The van der Waals surface area contributed by atoms with Crippen molar-refractivity contribution in [3.8, 4) is 22.1 Å². The second-order valence-electron chi connectivity index (χ2n) is 8.15. The number of benzene rings is 2. The largest absolute Gasteiger partial charge is 0.497 e. The van der Waals surface area contributed by atoms with Crippen LogP contribution in [0.3, 0.4) is 0 Å². The zero-order valence-corrected chi connectivity index (χ0v) is 20.2. The number of hydrogen-bond acceptors (Lipinski definition) is 6. The molecule has 0 saturated heterocycles. The molecule has 2 aromatic carbocycles. The smallest absolute Gasteiger partial charge is 0.263 e. The molecule has 0 radical (unpaired) electrons. The SMILES string of the molecule is COc1cccc(-n2nnc(-c3nc(C)c(C(=O)NCc4ccc(C(C)C)cc4)s3)c2C)c1. The topological polar surface area (TPSA) is 81.9 Å². The lowest BCUT2D eigenvalue weighted by Crippen LogP contribution is -2.22. The van der Waals surface area contributed by atoms with Crippen LogP contribution in [-0.4, -0.2) is 33.0 Å². The highest BCUT2D eigenvalue weighted by molar-refractivity contribution is 7.17.